The van der Waals surface area contributed by atoms with Crippen LogP contribution in [0.5, 0.6) is 5.75 Å². The van der Waals surface area contributed by atoms with E-state index in [2.05, 4.69) is 26.6 Å². The van der Waals surface area contributed by atoms with Gasteiger partial charge in [0.2, 0.25) is 5.82 Å². The number of amides is 1. The molecule has 0 aliphatic heterocycles. The van der Waals surface area contributed by atoms with Crippen molar-refractivity contribution in [1.82, 2.24) is 24.8 Å². The standard InChI is InChI=1S/C27H24N6O2/c1-17-13-18(2)15-22(14-17)35-19(3)27(34)29-21-8-6-7-20(16-21)23-10-11-25-30-31-26(33(25)32-23)24-9-4-5-12-28-24/h4-16,19H,1-3H3,(H,29,34). The van der Waals surface area contributed by atoms with Crippen molar-refractivity contribution in [3.05, 3.63) is 90.1 Å². The van der Waals surface area contributed by atoms with Crippen LogP contribution in [0.25, 0.3) is 28.4 Å². The monoisotopic (exact) mass is 464 g/mol. The Morgan fingerprint density at radius 3 is 2.51 bits per heavy atom. The summed E-state index contributed by atoms with van der Waals surface area (Å²) in [6, 6.07) is 22.8. The van der Waals surface area contributed by atoms with Gasteiger partial charge in [0.25, 0.3) is 5.91 Å². The Balaban J connectivity index is 1.36. The molecule has 3 heterocycles. The summed E-state index contributed by atoms with van der Waals surface area (Å²) in [4.78, 5) is 17.2. The van der Waals surface area contributed by atoms with E-state index in [0.717, 1.165) is 16.7 Å². The van der Waals surface area contributed by atoms with Gasteiger partial charge in [0.1, 0.15) is 11.4 Å². The first-order valence-electron chi connectivity index (χ1n) is 11.3. The van der Waals surface area contributed by atoms with Crippen molar-refractivity contribution in [2.45, 2.75) is 26.9 Å². The number of benzene rings is 2. The van der Waals surface area contributed by atoms with Crippen LogP contribution in [-0.4, -0.2) is 36.8 Å². The van der Waals surface area contributed by atoms with Gasteiger partial charge in [0, 0.05) is 17.4 Å². The molecule has 2 aromatic carbocycles. The van der Waals surface area contributed by atoms with Crippen LogP contribution in [0.2, 0.25) is 0 Å². The molecule has 35 heavy (non-hydrogen) atoms. The van der Waals surface area contributed by atoms with Crippen molar-refractivity contribution in [1.29, 1.82) is 0 Å². The molecule has 1 amide bonds. The number of carbonyl (C=O) groups excluding carboxylic acids is 1. The lowest BCUT2D eigenvalue weighted by Gasteiger charge is -2.16. The zero-order valence-corrected chi connectivity index (χ0v) is 19.6. The van der Waals surface area contributed by atoms with Crippen molar-refractivity contribution in [2.75, 3.05) is 5.32 Å². The van der Waals surface area contributed by atoms with Crippen LogP contribution >= 0.6 is 0 Å². The van der Waals surface area contributed by atoms with Gasteiger partial charge in [-0.1, -0.05) is 24.3 Å². The van der Waals surface area contributed by atoms with E-state index in [1.54, 1.807) is 17.6 Å². The molecular formula is C27H24N6O2. The number of hydrogen-bond acceptors (Lipinski definition) is 6. The molecule has 0 fully saturated rings. The van der Waals surface area contributed by atoms with Crippen molar-refractivity contribution in [3.8, 4) is 28.5 Å². The molecule has 3 aromatic heterocycles. The number of ether oxygens (including phenoxy) is 1. The first kappa shape index (κ1) is 22.2. The predicted octanol–water partition coefficient (Wildman–Crippen LogP) is 4.88. The number of anilines is 1. The molecule has 0 bridgehead atoms. The van der Waals surface area contributed by atoms with Gasteiger partial charge in [0.15, 0.2) is 11.8 Å². The smallest absolute Gasteiger partial charge is 0.265 e. The maximum Gasteiger partial charge on any atom is 0.265 e. The van der Waals surface area contributed by atoms with Gasteiger partial charge >= 0.3 is 0 Å². The van der Waals surface area contributed by atoms with Gasteiger partial charge in [-0.3, -0.25) is 9.78 Å². The lowest BCUT2D eigenvalue weighted by atomic mass is 10.1. The molecule has 0 saturated carbocycles. The van der Waals surface area contributed by atoms with Crippen LogP contribution in [0.1, 0.15) is 18.1 Å². The summed E-state index contributed by atoms with van der Waals surface area (Å²) in [6.07, 6.45) is 1.05. The number of nitrogens with one attached hydrogen (secondary N) is 1. The quantitative estimate of drug-likeness (QED) is 0.385. The third-order valence-corrected chi connectivity index (χ3v) is 5.46. The van der Waals surface area contributed by atoms with Crippen LogP contribution in [0.15, 0.2) is 79.0 Å². The molecule has 5 rings (SSSR count). The van der Waals surface area contributed by atoms with E-state index >= 15 is 0 Å². The maximum absolute atomic E-state index is 12.8. The number of aryl methyl sites for hydroxylation is 2. The fraction of sp³-hybridized carbons (Fsp3) is 0.148. The number of aromatic nitrogens is 5. The van der Waals surface area contributed by atoms with Gasteiger partial charge in [-0.15, -0.1) is 10.2 Å². The molecule has 8 nitrogen and oxygen atoms in total. The number of carbonyl (C=O) groups is 1. The second kappa shape index (κ2) is 9.34. The Kier molecular flexibility index (Phi) is 5.93. The lowest BCUT2D eigenvalue weighted by molar-refractivity contribution is -0.122. The Hall–Kier alpha value is -4.59. The predicted molar refractivity (Wildman–Crippen MR) is 134 cm³/mol. The molecule has 0 aliphatic rings. The largest absolute Gasteiger partial charge is 0.481 e. The number of nitrogens with zero attached hydrogens (tertiary/aromatic N) is 5. The van der Waals surface area contributed by atoms with E-state index in [9.17, 15) is 4.79 Å². The average Bonchev–Trinajstić information content (AvgIpc) is 3.27. The third-order valence-electron chi connectivity index (χ3n) is 5.46. The second-order valence-electron chi connectivity index (χ2n) is 8.38. The van der Waals surface area contributed by atoms with Gasteiger partial charge in [-0.25, -0.2) is 0 Å². The minimum absolute atomic E-state index is 0.235. The first-order chi connectivity index (χ1) is 17.0. The van der Waals surface area contributed by atoms with E-state index in [1.807, 2.05) is 80.6 Å². The summed E-state index contributed by atoms with van der Waals surface area (Å²) in [5.74, 6) is 0.999. The van der Waals surface area contributed by atoms with E-state index in [-0.39, 0.29) is 5.91 Å². The van der Waals surface area contributed by atoms with Gasteiger partial charge in [0.05, 0.1) is 5.69 Å². The Labute approximate surface area is 202 Å². The maximum atomic E-state index is 12.8. The van der Waals surface area contributed by atoms with E-state index < -0.39 is 6.10 Å². The van der Waals surface area contributed by atoms with Gasteiger partial charge in [-0.2, -0.15) is 9.61 Å². The molecule has 0 radical (unpaired) electrons. The summed E-state index contributed by atoms with van der Waals surface area (Å²) >= 11 is 0. The van der Waals surface area contributed by atoms with Crippen molar-refractivity contribution in [2.24, 2.45) is 0 Å². The Morgan fingerprint density at radius 2 is 1.74 bits per heavy atom. The first-order valence-corrected chi connectivity index (χ1v) is 11.3. The van der Waals surface area contributed by atoms with E-state index in [0.29, 0.717) is 34.3 Å². The van der Waals surface area contributed by atoms with Crippen molar-refractivity contribution in [3.63, 3.8) is 0 Å². The molecule has 1 N–H and O–H groups in total. The van der Waals surface area contributed by atoms with Gasteiger partial charge in [-0.05, 0) is 80.4 Å². The average molecular weight is 465 g/mol. The molecule has 0 saturated heterocycles. The molecule has 0 aliphatic carbocycles. The normalized spacial score (nSPS) is 11.9. The molecule has 0 spiro atoms. The number of pyridine rings is 1. The van der Waals surface area contributed by atoms with Crippen LogP contribution in [0, 0.1) is 13.8 Å². The molecular weight excluding hydrogens is 440 g/mol. The highest BCUT2D eigenvalue weighted by Gasteiger charge is 2.16. The highest BCUT2D eigenvalue weighted by molar-refractivity contribution is 5.94. The van der Waals surface area contributed by atoms with Crippen LogP contribution in [0.3, 0.4) is 0 Å². The Bertz CT molecular complexity index is 1490. The van der Waals surface area contributed by atoms with Crippen molar-refractivity contribution < 1.29 is 9.53 Å². The molecule has 1 atom stereocenters. The summed E-state index contributed by atoms with van der Waals surface area (Å²) in [6.45, 7) is 5.73. The molecule has 5 aromatic rings. The molecule has 174 valence electrons. The topological polar surface area (TPSA) is 94.3 Å². The highest BCUT2D eigenvalue weighted by Crippen LogP contribution is 2.23. The van der Waals surface area contributed by atoms with Crippen molar-refractivity contribution >= 4 is 17.2 Å². The summed E-state index contributed by atoms with van der Waals surface area (Å²) in [5.41, 5.74) is 5.69. The second-order valence-corrected chi connectivity index (χ2v) is 8.38. The number of hydrogen-bond donors (Lipinski definition) is 1. The van der Waals surface area contributed by atoms with E-state index in [1.165, 1.54) is 0 Å². The van der Waals surface area contributed by atoms with Crippen LogP contribution in [0.4, 0.5) is 5.69 Å². The minimum atomic E-state index is -0.660. The fourth-order valence-corrected chi connectivity index (χ4v) is 3.86. The molecule has 1 unspecified atom stereocenters. The highest BCUT2D eigenvalue weighted by atomic mass is 16.5. The molecule has 8 heteroatoms. The number of rotatable bonds is 6. The minimum Gasteiger partial charge on any atom is -0.481 e. The van der Waals surface area contributed by atoms with E-state index in [4.69, 9.17) is 9.84 Å². The summed E-state index contributed by atoms with van der Waals surface area (Å²) < 4.78 is 7.54. The number of fused-ring (bicyclic) bond motifs is 1. The lowest BCUT2D eigenvalue weighted by Crippen LogP contribution is -2.30. The summed E-state index contributed by atoms with van der Waals surface area (Å²) in [5, 5.41) is 16.1. The van der Waals surface area contributed by atoms with Crippen LogP contribution < -0.4 is 10.1 Å². The zero-order chi connectivity index (χ0) is 24.4. The SMILES string of the molecule is Cc1cc(C)cc(OC(C)C(=O)Nc2cccc(-c3ccc4nnc(-c5ccccn5)n4n3)c2)c1. The Morgan fingerprint density at radius 1 is 0.914 bits per heavy atom. The fourth-order valence-electron chi connectivity index (χ4n) is 3.86. The summed E-state index contributed by atoms with van der Waals surface area (Å²) in [7, 11) is 0. The zero-order valence-electron chi connectivity index (χ0n) is 19.6. The van der Waals surface area contributed by atoms with Crippen LogP contribution in [-0.2, 0) is 4.79 Å². The third kappa shape index (κ3) is 4.86. The van der Waals surface area contributed by atoms with Gasteiger partial charge < -0.3 is 10.1 Å².